The first-order valence-electron chi connectivity index (χ1n) is 5.02. The Balaban J connectivity index is 2.99. The van der Waals surface area contributed by atoms with Crippen LogP contribution in [0.15, 0.2) is 23.1 Å². The van der Waals surface area contributed by atoms with Gasteiger partial charge in [-0.05, 0) is 24.1 Å². The number of benzene rings is 1. The van der Waals surface area contributed by atoms with Crippen molar-refractivity contribution in [2.75, 3.05) is 6.54 Å². The molecule has 0 aromatic heterocycles. The smallest absolute Gasteiger partial charge is 0.326 e. The van der Waals surface area contributed by atoms with Crippen LogP contribution >= 0.6 is 0 Å². The molecule has 0 heterocycles. The molecule has 102 valence electrons. The quantitative estimate of drug-likeness (QED) is 0.874. The third-order valence-electron chi connectivity index (χ3n) is 2.23. The van der Waals surface area contributed by atoms with Crippen molar-refractivity contribution in [3.8, 4) is 0 Å². The van der Waals surface area contributed by atoms with Crippen LogP contribution in [0.4, 0.5) is 13.2 Å². The van der Waals surface area contributed by atoms with E-state index in [1.165, 1.54) is 29.8 Å². The lowest BCUT2D eigenvalue weighted by molar-refractivity contribution is -0.121. The molecule has 4 nitrogen and oxygen atoms in total. The highest BCUT2D eigenvalue weighted by atomic mass is 32.2. The van der Waals surface area contributed by atoms with Gasteiger partial charge < -0.3 is 5.73 Å². The molecule has 0 saturated carbocycles. The molecule has 0 saturated heterocycles. The van der Waals surface area contributed by atoms with E-state index in [1.54, 1.807) is 0 Å². The van der Waals surface area contributed by atoms with Crippen molar-refractivity contribution in [2.45, 2.75) is 24.5 Å². The average Bonchev–Trinajstić information content (AvgIpc) is 2.25. The molecule has 0 bridgehead atoms. The Hall–Kier alpha value is -1.12. The molecule has 1 aromatic carbocycles. The van der Waals surface area contributed by atoms with Crippen LogP contribution in [0.1, 0.15) is 11.1 Å². The van der Waals surface area contributed by atoms with Crippen LogP contribution < -0.4 is 10.5 Å². The molecule has 3 N–H and O–H groups in total. The maximum absolute atomic E-state index is 12.0. The van der Waals surface area contributed by atoms with Gasteiger partial charge in [-0.1, -0.05) is 12.1 Å². The van der Waals surface area contributed by atoms with E-state index in [1.807, 2.05) is 0 Å². The standard InChI is InChI=1S/C10H13F3N2O2S/c1-7-4-8(5-14)2-3-9(7)18(16,17)15-6-10(11,12)13/h2-4,15H,5-6,14H2,1H3. The SMILES string of the molecule is Cc1cc(CN)ccc1S(=O)(=O)NCC(F)(F)F. The minimum Gasteiger partial charge on any atom is -0.326 e. The topological polar surface area (TPSA) is 72.2 Å². The molecule has 0 aliphatic rings. The summed E-state index contributed by atoms with van der Waals surface area (Å²) >= 11 is 0. The molecule has 18 heavy (non-hydrogen) atoms. The molecule has 0 aliphatic heterocycles. The molecular weight excluding hydrogens is 269 g/mol. The first kappa shape index (κ1) is 14.9. The lowest BCUT2D eigenvalue weighted by Gasteiger charge is -2.11. The summed E-state index contributed by atoms with van der Waals surface area (Å²) in [6, 6.07) is 4.24. The van der Waals surface area contributed by atoms with Crippen molar-refractivity contribution < 1.29 is 21.6 Å². The maximum Gasteiger partial charge on any atom is 0.402 e. The van der Waals surface area contributed by atoms with Gasteiger partial charge >= 0.3 is 6.18 Å². The number of rotatable bonds is 4. The average molecular weight is 282 g/mol. The molecule has 0 atom stereocenters. The monoisotopic (exact) mass is 282 g/mol. The zero-order chi connectivity index (χ0) is 14.0. The fourth-order valence-electron chi connectivity index (χ4n) is 1.39. The predicted molar refractivity (Wildman–Crippen MR) is 60.3 cm³/mol. The van der Waals surface area contributed by atoms with E-state index in [0.29, 0.717) is 11.1 Å². The van der Waals surface area contributed by atoms with Gasteiger partial charge in [0.25, 0.3) is 0 Å². The summed E-state index contributed by atoms with van der Waals surface area (Å²) in [7, 11) is -4.16. The van der Waals surface area contributed by atoms with E-state index >= 15 is 0 Å². The van der Waals surface area contributed by atoms with E-state index < -0.39 is 22.7 Å². The van der Waals surface area contributed by atoms with Crippen LogP contribution in [-0.4, -0.2) is 21.1 Å². The van der Waals surface area contributed by atoms with Crippen LogP contribution in [0.2, 0.25) is 0 Å². The van der Waals surface area contributed by atoms with Crippen LogP contribution in [0, 0.1) is 6.92 Å². The van der Waals surface area contributed by atoms with Crippen LogP contribution in [0.25, 0.3) is 0 Å². The summed E-state index contributed by atoms with van der Waals surface area (Å²) in [4.78, 5) is -0.177. The molecule has 0 aliphatic carbocycles. The minimum absolute atomic E-state index is 0.177. The number of nitrogens with one attached hydrogen (secondary N) is 1. The second-order valence-electron chi connectivity index (χ2n) is 3.74. The molecule has 0 spiro atoms. The van der Waals surface area contributed by atoms with E-state index in [9.17, 15) is 21.6 Å². The highest BCUT2D eigenvalue weighted by molar-refractivity contribution is 7.89. The Bertz CT molecular complexity index is 526. The second kappa shape index (κ2) is 5.25. The van der Waals surface area contributed by atoms with Gasteiger partial charge in [-0.25, -0.2) is 13.1 Å². The molecule has 0 amide bonds. The second-order valence-corrected chi connectivity index (χ2v) is 5.48. The number of alkyl halides is 3. The normalized spacial score (nSPS) is 12.7. The van der Waals surface area contributed by atoms with Crippen molar-refractivity contribution in [1.82, 2.24) is 4.72 Å². The zero-order valence-electron chi connectivity index (χ0n) is 9.58. The fourth-order valence-corrected chi connectivity index (χ4v) is 2.63. The van der Waals surface area contributed by atoms with Crippen molar-refractivity contribution >= 4 is 10.0 Å². The van der Waals surface area contributed by atoms with Gasteiger partial charge in [0.1, 0.15) is 6.54 Å². The number of hydrogen-bond donors (Lipinski definition) is 2. The van der Waals surface area contributed by atoms with Gasteiger partial charge in [0.15, 0.2) is 0 Å². The van der Waals surface area contributed by atoms with Gasteiger partial charge in [0.2, 0.25) is 10.0 Å². The van der Waals surface area contributed by atoms with Crippen molar-refractivity contribution in [3.63, 3.8) is 0 Å². The number of halogens is 3. The molecule has 1 aromatic rings. The summed E-state index contributed by atoms with van der Waals surface area (Å²) in [5.41, 5.74) is 6.44. The number of hydrogen-bond acceptors (Lipinski definition) is 3. The Kier molecular flexibility index (Phi) is 4.36. The largest absolute Gasteiger partial charge is 0.402 e. The van der Waals surface area contributed by atoms with Gasteiger partial charge in [-0.3, -0.25) is 0 Å². The number of aryl methyl sites for hydroxylation is 1. The minimum atomic E-state index is -4.59. The lowest BCUT2D eigenvalue weighted by atomic mass is 10.1. The molecule has 1 rings (SSSR count). The van der Waals surface area contributed by atoms with E-state index in [2.05, 4.69) is 0 Å². The van der Waals surface area contributed by atoms with E-state index in [-0.39, 0.29) is 11.4 Å². The van der Waals surface area contributed by atoms with Crippen molar-refractivity contribution in [1.29, 1.82) is 0 Å². The third-order valence-corrected chi connectivity index (χ3v) is 3.79. The van der Waals surface area contributed by atoms with E-state index in [0.717, 1.165) is 0 Å². The maximum atomic E-state index is 12.0. The van der Waals surface area contributed by atoms with Crippen molar-refractivity contribution in [2.24, 2.45) is 5.73 Å². The predicted octanol–water partition coefficient (Wildman–Crippen LogP) is 1.29. The first-order valence-corrected chi connectivity index (χ1v) is 6.50. The molecule has 0 fully saturated rings. The fraction of sp³-hybridized carbons (Fsp3) is 0.400. The Labute approximate surface area is 103 Å². The molecule has 0 unspecified atom stereocenters. The Morgan fingerprint density at radius 1 is 1.33 bits per heavy atom. The molecule has 0 radical (unpaired) electrons. The number of nitrogens with two attached hydrogens (primary N) is 1. The summed E-state index contributed by atoms with van der Waals surface area (Å²) in [6.07, 6.45) is -4.59. The van der Waals surface area contributed by atoms with Crippen LogP contribution in [0.5, 0.6) is 0 Å². The zero-order valence-corrected chi connectivity index (χ0v) is 10.4. The first-order chi connectivity index (χ1) is 8.15. The number of sulfonamides is 1. The Morgan fingerprint density at radius 2 is 1.94 bits per heavy atom. The summed E-state index contributed by atoms with van der Waals surface area (Å²) in [5, 5.41) is 0. The molecular formula is C10H13F3N2O2S. The summed E-state index contributed by atoms with van der Waals surface area (Å²) in [5.74, 6) is 0. The van der Waals surface area contributed by atoms with Gasteiger partial charge in [-0.2, -0.15) is 13.2 Å². The van der Waals surface area contributed by atoms with Gasteiger partial charge in [-0.15, -0.1) is 0 Å². The van der Waals surface area contributed by atoms with E-state index in [4.69, 9.17) is 5.73 Å². The summed E-state index contributed by atoms with van der Waals surface area (Å²) < 4.78 is 60.8. The lowest BCUT2D eigenvalue weighted by Crippen LogP contribution is -2.34. The van der Waals surface area contributed by atoms with Gasteiger partial charge in [0, 0.05) is 6.54 Å². The van der Waals surface area contributed by atoms with Crippen LogP contribution in [-0.2, 0) is 16.6 Å². The van der Waals surface area contributed by atoms with Gasteiger partial charge in [0.05, 0.1) is 4.90 Å². The molecule has 8 heteroatoms. The highest BCUT2D eigenvalue weighted by Gasteiger charge is 2.30. The Morgan fingerprint density at radius 3 is 2.39 bits per heavy atom. The van der Waals surface area contributed by atoms with Crippen LogP contribution in [0.3, 0.4) is 0 Å². The summed E-state index contributed by atoms with van der Waals surface area (Å²) in [6.45, 7) is 0.145. The third kappa shape index (κ3) is 3.97. The van der Waals surface area contributed by atoms with Crippen molar-refractivity contribution in [3.05, 3.63) is 29.3 Å². The highest BCUT2D eigenvalue weighted by Crippen LogP contribution is 2.18.